The van der Waals surface area contributed by atoms with Crippen LogP contribution in [-0.4, -0.2) is 77.4 Å². The van der Waals surface area contributed by atoms with Crippen LogP contribution in [0.2, 0.25) is 0 Å². The van der Waals surface area contributed by atoms with Gasteiger partial charge >= 0.3 is 11.9 Å². The summed E-state index contributed by atoms with van der Waals surface area (Å²) in [6.07, 6.45) is -1.56. The number of carboxylic acid groups (broad SMARTS) is 1. The van der Waals surface area contributed by atoms with E-state index in [1.807, 2.05) is 0 Å². The number of carbonyl (C=O) groups is 4. The highest BCUT2D eigenvalue weighted by molar-refractivity contribution is 6.10. The third-order valence-corrected chi connectivity index (χ3v) is 6.57. The van der Waals surface area contributed by atoms with Crippen LogP contribution in [-0.2, 0) is 19.1 Å². The smallest absolute Gasteiger partial charge is 0.341 e. The van der Waals surface area contributed by atoms with Gasteiger partial charge < -0.3 is 24.4 Å². The summed E-state index contributed by atoms with van der Waals surface area (Å²) in [5.41, 5.74) is -3.03. The van der Waals surface area contributed by atoms with Crippen molar-refractivity contribution < 1.29 is 43.6 Å². The molecule has 3 N–H and O–H groups in total. The molecule has 3 rings (SSSR count). The summed E-state index contributed by atoms with van der Waals surface area (Å²) in [4.78, 5) is 53.5. The van der Waals surface area contributed by atoms with E-state index >= 15 is 0 Å². The molecule has 1 aromatic carbocycles. The molecule has 5 unspecified atom stereocenters. The first kappa shape index (κ1) is 25.4. The van der Waals surface area contributed by atoms with Gasteiger partial charge in [-0.05, 0) is 39.3 Å². The zero-order valence-electron chi connectivity index (χ0n) is 20.2. The number of aliphatic hydroxyl groups excluding tert-OH is 1. The van der Waals surface area contributed by atoms with Crippen molar-refractivity contribution in [3.05, 3.63) is 23.3 Å². The van der Waals surface area contributed by atoms with Gasteiger partial charge in [-0.3, -0.25) is 24.6 Å². The fraction of sp³-hybridized carbons (Fsp3) is 0.565. The van der Waals surface area contributed by atoms with Crippen molar-refractivity contribution >= 4 is 23.8 Å². The Morgan fingerprint density at radius 3 is 2.18 bits per heavy atom. The minimum absolute atomic E-state index is 0.0525. The number of ether oxygens (including phenoxy) is 3. The van der Waals surface area contributed by atoms with E-state index < -0.39 is 58.8 Å². The highest BCUT2D eigenvalue weighted by atomic mass is 16.5. The number of carboxylic acids is 1. The van der Waals surface area contributed by atoms with Gasteiger partial charge in [0.15, 0.2) is 5.54 Å². The summed E-state index contributed by atoms with van der Waals surface area (Å²) in [6, 6.07) is 1.75. The predicted octanol–water partition coefficient (Wildman–Crippen LogP) is 0.739. The first-order chi connectivity index (χ1) is 15.8. The van der Waals surface area contributed by atoms with Gasteiger partial charge in [-0.25, -0.2) is 4.79 Å². The minimum atomic E-state index is -2.19. The maximum absolute atomic E-state index is 13.6. The minimum Gasteiger partial charge on any atom is -0.497 e. The van der Waals surface area contributed by atoms with Gasteiger partial charge in [0.1, 0.15) is 17.1 Å². The number of amides is 2. The third kappa shape index (κ3) is 3.50. The number of nitrogens with one attached hydrogen (secondary N) is 1. The number of rotatable bonds is 6. The lowest BCUT2D eigenvalue weighted by molar-refractivity contribution is -0.158. The largest absolute Gasteiger partial charge is 0.497 e. The maximum atomic E-state index is 13.6. The predicted molar refractivity (Wildman–Crippen MR) is 117 cm³/mol. The summed E-state index contributed by atoms with van der Waals surface area (Å²) in [5, 5.41) is 23.7. The Hall–Kier alpha value is -3.18. The molecule has 2 saturated heterocycles. The summed E-state index contributed by atoms with van der Waals surface area (Å²) in [6.45, 7) is 6.22. The number of aliphatic carboxylic acids is 1. The quantitative estimate of drug-likeness (QED) is 0.394. The summed E-state index contributed by atoms with van der Waals surface area (Å²) < 4.78 is 15.6. The molecule has 0 aliphatic carbocycles. The van der Waals surface area contributed by atoms with E-state index in [9.17, 15) is 29.4 Å². The Morgan fingerprint density at radius 1 is 1.12 bits per heavy atom. The standard InChI is InChI=1S/C23H30N2O9/c1-10(26)23(21(30)31)16-15(18(27)25(19(16)28)22(2,3)4)17(24-23)12-8-11(32-5)9-13(33-6)14(12)20(29)34-7/h8-10,15-17,24,26H,1-7H3,(H,30,31). The maximum Gasteiger partial charge on any atom is 0.341 e. The second kappa shape index (κ2) is 8.55. The third-order valence-electron chi connectivity index (χ3n) is 6.57. The van der Waals surface area contributed by atoms with Crippen molar-refractivity contribution in [3.8, 4) is 11.5 Å². The molecule has 0 spiro atoms. The Balaban J connectivity index is 2.36. The number of likely N-dealkylation sites (tertiary alicyclic amines) is 1. The molecule has 2 aliphatic heterocycles. The van der Waals surface area contributed by atoms with Crippen molar-refractivity contribution in [1.82, 2.24) is 10.2 Å². The Kier molecular flexibility index (Phi) is 6.40. The average Bonchev–Trinajstić information content (AvgIpc) is 3.26. The monoisotopic (exact) mass is 478 g/mol. The number of carbonyl (C=O) groups excluding carboxylic acids is 3. The van der Waals surface area contributed by atoms with Crippen molar-refractivity contribution in [2.75, 3.05) is 21.3 Å². The van der Waals surface area contributed by atoms with Gasteiger partial charge in [-0.15, -0.1) is 0 Å². The topological polar surface area (TPSA) is 152 Å². The van der Waals surface area contributed by atoms with Crippen LogP contribution in [0.4, 0.5) is 0 Å². The van der Waals surface area contributed by atoms with Crippen LogP contribution in [0, 0.1) is 11.8 Å². The van der Waals surface area contributed by atoms with E-state index in [-0.39, 0.29) is 22.6 Å². The zero-order chi connectivity index (χ0) is 25.7. The van der Waals surface area contributed by atoms with Crippen LogP contribution < -0.4 is 14.8 Å². The van der Waals surface area contributed by atoms with Gasteiger partial charge in [-0.1, -0.05) is 0 Å². The number of nitrogens with zero attached hydrogens (tertiary/aromatic N) is 1. The molecule has 2 fully saturated rings. The van der Waals surface area contributed by atoms with E-state index in [1.165, 1.54) is 40.4 Å². The van der Waals surface area contributed by atoms with Gasteiger partial charge in [0.2, 0.25) is 11.8 Å². The van der Waals surface area contributed by atoms with Gasteiger partial charge in [-0.2, -0.15) is 0 Å². The van der Waals surface area contributed by atoms with E-state index in [2.05, 4.69) is 5.32 Å². The van der Waals surface area contributed by atoms with Gasteiger partial charge in [0.05, 0.1) is 39.3 Å². The molecule has 186 valence electrons. The summed E-state index contributed by atoms with van der Waals surface area (Å²) in [7, 11) is 3.90. The number of aliphatic hydroxyl groups is 1. The molecule has 0 radical (unpaired) electrons. The lowest BCUT2D eigenvalue weighted by Crippen LogP contribution is -2.63. The van der Waals surface area contributed by atoms with Gasteiger partial charge in [0.25, 0.3) is 0 Å². The molecule has 5 atom stereocenters. The van der Waals surface area contributed by atoms with Crippen molar-refractivity contribution in [3.63, 3.8) is 0 Å². The normalized spacial score (nSPS) is 27.4. The number of benzene rings is 1. The van der Waals surface area contributed by atoms with E-state index in [0.717, 1.165) is 4.90 Å². The van der Waals surface area contributed by atoms with Crippen LogP contribution >= 0.6 is 0 Å². The van der Waals surface area contributed by atoms with Crippen molar-refractivity contribution in [2.45, 2.75) is 50.9 Å². The first-order valence-electron chi connectivity index (χ1n) is 10.7. The Bertz CT molecular complexity index is 1050. The van der Waals surface area contributed by atoms with E-state index in [4.69, 9.17) is 14.2 Å². The number of methoxy groups -OCH3 is 3. The molecule has 0 bridgehead atoms. The highest BCUT2D eigenvalue weighted by Crippen LogP contribution is 2.53. The number of hydrogen-bond acceptors (Lipinski definition) is 9. The summed E-state index contributed by atoms with van der Waals surface area (Å²) >= 11 is 0. The van der Waals surface area contributed by atoms with Crippen molar-refractivity contribution in [1.29, 1.82) is 0 Å². The molecule has 11 heteroatoms. The van der Waals surface area contributed by atoms with E-state index in [1.54, 1.807) is 20.8 Å². The Labute approximate surface area is 197 Å². The molecule has 2 amide bonds. The lowest BCUT2D eigenvalue weighted by Gasteiger charge is -2.36. The number of imide groups is 1. The molecule has 2 aliphatic rings. The van der Waals surface area contributed by atoms with Crippen molar-refractivity contribution in [2.24, 2.45) is 11.8 Å². The average molecular weight is 478 g/mol. The fourth-order valence-corrected chi connectivity index (χ4v) is 5.08. The summed E-state index contributed by atoms with van der Waals surface area (Å²) in [5.74, 6) is -5.91. The first-order valence-corrected chi connectivity index (χ1v) is 10.7. The molecule has 1 aromatic rings. The van der Waals surface area contributed by atoms with Crippen LogP contribution in [0.25, 0.3) is 0 Å². The van der Waals surface area contributed by atoms with Crippen LogP contribution in [0.5, 0.6) is 11.5 Å². The number of hydrogen-bond donors (Lipinski definition) is 3. The van der Waals surface area contributed by atoms with Crippen LogP contribution in [0.1, 0.15) is 49.7 Å². The highest BCUT2D eigenvalue weighted by Gasteiger charge is 2.71. The molecule has 0 saturated carbocycles. The number of esters is 1. The molecular weight excluding hydrogens is 448 g/mol. The lowest BCUT2D eigenvalue weighted by atomic mass is 9.76. The SMILES string of the molecule is COC(=O)c1c(OC)cc(OC)cc1C1NC(C(=O)O)(C(C)O)C2C(=O)N(C(C)(C)C)C(=O)C12. The zero-order valence-corrected chi connectivity index (χ0v) is 20.2. The fourth-order valence-electron chi connectivity index (χ4n) is 5.08. The molecule has 0 aromatic heterocycles. The number of fused-ring (bicyclic) bond motifs is 1. The molecule has 2 heterocycles. The molecule has 34 heavy (non-hydrogen) atoms. The second-order valence-corrected chi connectivity index (χ2v) is 9.44. The van der Waals surface area contributed by atoms with Crippen LogP contribution in [0.3, 0.4) is 0 Å². The second-order valence-electron chi connectivity index (χ2n) is 9.44. The molecule has 11 nitrogen and oxygen atoms in total. The Morgan fingerprint density at radius 2 is 1.74 bits per heavy atom. The molecular formula is C23H30N2O9. The van der Waals surface area contributed by atoms with Crippen LogP contribution in [0.15, 0.2) is 12.1 Å². The van der Waals surface area contributed by atoms with Gasteiger partial charge in [0, 0.05) is 17.6 Å². The van der Waals surface area contributed by atoms with E-state index in [0.29, 0.717) is 0 Å².